The summed E-state index contributed by atoms with van der Waals surface area (Å²) in [6.45, 7) is 3.06. The van der Waals surface area contributed by atoms with E-state index < -0.39 is 0 Å². The average Bonchev–Trinajstić information content (AvgIpc) is 2.79. The van der Waals surface area contributed by atoms with Gasteiger partial charge in [-0.25, -0.2) is 4.79 Å². The molecule has 5 nitrogen and oxygen atoms in total. The number of aromatic nitrogens is 1. The lowest BCUT2D eigenvalue weighted by Crippen LogP contribution is -2.37. The highest BCUT2D eigenvalue weighted by molar-refractivity contribution is 5.83. The second kappa shape index (κ2) is 5.03. The van der Waals surface area contributed by atoms with E-state index in [1.165, 1.54) is 0 Å². The number of hydrogen-bond donors (Lipinski definition) is 1. The molecule has 1 aromatic heterocycles. The summed E-state index contributed by atoms with van der Waals surface area (Å²) in [5.41, 5.74) is 7.35. The minimum absolute atomic E-state index is 0.166. The van der Waals surface area contributed by atoms with Crippen LogP contribution >= 0.6 is 0 Å². The second-order valence-corrected chi connectivity index (χ2v) is 4.04. The molecule has 17 heavy (non-hydrogen) atoms. The SMILES string of the molecule is CCOC(=O)C1CCCN1c1ccncc1N. The summed E-state index contributed by atoms with van der Waals surface area (Å²) in [4.78, 5) is 17.8. The molecule has 2 rings (SSSR count). The van der Waals surface area contributed by atoms with Gasteiger partial charge in [-0.1, -0.05) is 0 Å². The molecule has 1 aliphatic heterocycles. The van der Waals surface area contributed by atoms with Crippen molar-refractivity contribution in [2.24, 2.45) is 0 Å². The van der Waals surface area contributed by atoms with E-state index in [0.717, 1.165) is 25.1 Å². The van der Waals surface area contributed by atoms with Gasteiger partial charge in [0.25, 0.3) is 0 Å². The fourth-order valence-corrected chi connectivity index (χ4v) is 2.20. The highest BCUT2D eigenvalue weighted by Gasteiger charge is 2.32. The smallest absolute Gasteiger partial charge is 0.328 e. The topological polar surface area (TPSA) is 68.5 Å². The van der Waals surface area contributed by atoms with Crippen LogP contribution in [0, 0.1) is 0 Å². The zero-order chi connectivity index (χ0) is 12.3. The van der Waals surface area contributed by atoms with Crippen molar-refractivity contribution in [1.29, 1.82) is 0 Å². The van der Waals surface area contributed by atoms with Crippen LogP contribution in [0.3, 0.4) is 0 Å². The van der Waals surface area contributed by atoms with Crippen LogP contribution in [0.25, 0.3) is 0 Å². The van der Waals surface area contributed by atoms with E-state index in [1.807, 2.05) is 17.9 Å². The van der Waals surface area contributed by atoms with Crippen molar-refractivity contribution in [2.75, 3.05) is 23.8 Å². The first kappa shape index (κ1) is 11.7. The van der Waals surface area contributed by atoms with Crippen LogP contribution in [0.2, 0.25) is 0 Å². The standard InChI is InChI=1S/C12H17N3O2/c1-2-17-12(16)11-4-3-7-15(11)10-5-6-14-8-9(10)13/h5-6,8,11H,2-4,7,13H2,1H3. The van der Waals surface area contributed by atoms with Crippen LogP contribution < -0.4 is 10.6 Å². The van der Waals surface area contributed by atoms with Gasteiger partial charge in [0.05, 0.1) is 24.2 Å². The molecule has 1 aromatic rings. The molecule has 2 N–H and O–H groups in total. The Morgan fingerprint density at radius 1 is 1.71 bits per heavy atom. The zero-order valence-electron chi connectivity index (χ0n) is 9.93. The molecule has 0 aromatic carbocycles. The molecule has 0 aliphatic carbocycles. The number of carbonyl (C=O) groups excluding carboxylic acids is 1. The Morgan fingerprint density at radius 2 is 2.53 bits per heavy atom. The number of anilines is 2. The van der Waals surface area contributed by atoms with Crippen LogP contribution in [-0.4, -0.2) is 30.1 Å². The molecule has 2 heterocycles. The third-order valence-electron chi connectivity index (χ3n) is 2.95. The first-order chi connectivity index (χ1) is 8.24. The molecule has 0 bridgehead atoms. The highest BCUT2D eigenvalue weighted by Crippen LogP contribution is 2.29. The lowest BCUT2D eigenvalue weighted by atomic mass is 10.2. The van der Waals surface area contributed by atoms with E-state index in [2.05, 4.69) is 4.98 Å². The summed E-state index contributed by atoms with van der Waals surface area (Å²) in [5, 5.41) is 0. The molecular weight excluding hydrogens is 218 g/mol. The third kappa shape index (κ3) is 2.33. The quantitative estimate of drug-likeness (QED) is 0.797. The Kier molecular flexibility index (Phi) is 3.46. The Bertz CT molecular complexity index is 408. The molecule has 0 saturated carbocycles. The Balaban J connectivity index is 2.20. The number of nitrogen functional groups attached to an aromatic ring is 1. The molecule has 0 spiro atoms. The Morgan fingerprint density at radius 3 is 3.24 bits per heavy atom. The summed E-state index contributed by atoms with van der Waals surface area (Å²) in [6.07, 6.45) is 5.09. The van der Waals surface area contributed by atoms with Crippen molar-refractivity contribution >= 4 is 17.3 Å². The second-order valence-electron chi connectivity index (χ2n) is 4.04. The average molecular weight is 235 g/mol. The fraction of sp³-hybridized carbons (Fsp3) is 0.500. The van der Waals surface area contributed by atoms with Crippen molar-refractivity contribution in [3.05, 3.63) is 18.5 Å². The van der Waals surface area contributed by atoms with Gasteiger partial charge in [-0.2, -0.15) is 0 Å². The first-order valence-corrected chi connectivity index (χ1v) is 5.86. The number of rotatable bonds is 3. The normalized spacial score (nSPS) is 19.4. The predicted molar refractivity (Wildman–Crippen MR) is 65.7 cm³/mol. The lowest BCUT2D eigenvalue weighted by Gasteiger charge is -2.26. The first-order valence-electron chi connectivity index (χ1n) is 5.86. The van der Waals surface area contributed by atoms with Gasteiger partial charge in [-0.15, -0.1) is 0 Å². The van der Waals surface area contributed by atoms with Crippen molar-refractivity contribution in [3.63, 3.8) is 0 Å². The minimum Gasteiger partial charge on any atom is -0.464 e. The van der Waals surface area contributed by atoms with Gasteiger partial charge in [0.2, 0.25) is 0 Å². The van der Waals surface area contributed by atoms with E-state index in [1.54, 1.807) is 12.4 Å². The van der Waals surface area contributed by atoms with Gasteiger partial charge >= 0.3 is 5.97 Å². The molecule has 1 unspecified atom stereocenters. The van der Waals surface area contributed by atoms with Gasteiger partial charge in [0.1, 0.15) is 6.04 Å². The number of pyridine rings is 1. The number of esters is 1. The molecular formula is C12H17N3O2. The number of nitrogens with two attached hydrogens (primary N) is 1. The maximum Gasteiger partial charge on any atom is 0.328 e. The largest absolute Gasteiger partial charge is 0.464 e. The summed E-state index contributed by atoms with van der Waals surface area (Å²) in [6, 6.07) is 1.63. The molecule has 1 aliphatic rings. The third-order valence-corrected chi connectivity index (χ3v) is 2.95. The van der Waals surface area contributed by atoms with E-state index in [0.29, 0.717) is 12.3 Å². The summed E-state index contributed by atoms with van der Waals surface area (Å²) in [7, 11) is 0. The Hall–Kier alpha value is -1.78. The van der Waals surface area contributed by atoms with Crippen LogP contribution in [-0.2, 0) is 9.53 Å². The van der Waals surface area contributed by atoms with E-state index in [-0.39, 0.29) is 12.0 Å². The lowest BCUT2D eigenvalue weighted by molar-refractivity contribution is -0.144. The highest BCUT2D eigenvalue weighted by atomic mass is 16.5. The van der Waals surface area contributed by atoms with E-state index in [9.17, 15) is 4.79 Å². The molecule has 0 amide bonds. The Labute approximate surface area is 101 Å². The number of ether oxygens (including phenoxy) is 1. The molecule has 1 fully saturated rings. The monoisotopic (exact) mass is 235 g/mol. The van der Waals surface area contributed by atoms with Crippen LogP contribution in [0.5, 0.6) is 0 Å². The van der Waals surface area contributed by atoms with Gasteiger partial charge in [0, 0.05) is 12.7 Å². The predicted octanol–water partition coefficient (Wildman–Crippen LogP) is 1.20. The number of hydrogen-bond acceptors (Lipinski definition) is 5. The van der Waals surface area contributed by atoms with Crippen molar-refractivity contribution in [1.82, 2.24) is 4.98 Å². The summed E-state index contributed by atoms with van der Waals surface area (Å²) >= 11 is 0. The fourth-order valence-electron chi connectivity index (χ4n) is 2.20. The minimum atomic E-state index is -0.209. The van der Waals surface area contributed by atoms with E-state index >= 15 is 0 Å². The van der Waals surface area contributed by atoms with Gasteiger partial charge in [-0.3, -0.25) is 4.98 Å². The number of carbonyl (C=O) groups is 1. The van der Waals surface area contributed by atoms with Crippen LogP contribution in [0.1, 0.15) is 19.8 Å². The molecule has 1 saturated heterocycles. The molecule has 1 atom stereocenters. The summed E-state index contributed by atoms with van der Waals surface area (Å²) in [5.74, 6) is -0.166. The van der Waals surface area contributed by atoms with E-state index in [4.69, 9.17) is 10.5 Å². The maximum absolute atomic E-state index is 11.8. The van der Waals surface area contributed by atoms with Gasteiger partial charge in [0.15, 0.2) is 0 Å². The van der Waals surface area contributed by atoms with Crippen LogP contribution in [0.15, 0.2) is 18.5 Å². The molecule has 92 valence electrons. The van der Waals surface area contributed by atoms with Crippen molar-refractivity contribution in [3.8, 4) is 0 Å². The van der Waals surface area contributed by atoms with Crippen LogP contribution in [0.4, 0.5) is 11.4 Å². The van der Waals surface area contributed by atoms with Crippen molar-refractivity contribution in [2.45, 2.75) is 25.8 Å². The molecule has 0 radical (unpaired) electrons. The van der Waals surface area contributed by atoms with Gasteiger partial charge < -0.3 is 15.4 Å². The zero-order valence-corrected chi connectivity index (χ0v) is 9.93. The van der Waals surface area contributed by atoms with Gasteiger partial charge in [-0.05, 0) is 25.8 Å². The molecule has 5 heteroatoms. The van der Waals surface area contributed by atoms with Crippen molar-refractivity contribution < 1.29 is 9.53 Å². The maximum atomic E-state index is 11.8. The number of nitrogens with zero attached hydrogens (tertiary/aromatic N) is 2. The summed E-state index contributed by atoms with van der Waals surface area (Å²) < 4.78 is 5.08.